The van der Waals surface area contributed by atoms with Crippen LogP contribution in [-0.2, 0) is 19.7 Å². The molecule has 1 aliphatic carbocycles. The zero-order chi connectivity index (χ0) is 13.2. The number of Topliss-reactive ketones (excluding diaryl/α,β-unsaturated/α-hetero) is 1. The lowest BCUT2D eigenvalue weighted by Crippen LogP contribution is -2.41. The molecule has 1 aromatic rings. The first-order valence-electron chi connectivity index (χ1n) is 5.80. The summed E-state index contributed by atoms with van der Waals surface area (Å²) >= 11 is 0. The van der Waals surface area contributed by atoms with Crippen LogP contribution < -0.4 is 0 Å². The molecule has 0 atom stereocenters. The average molecular weight is 251 g/mol. The van der Waals surface area contributed by atoms with E-state index in [1.54, 1.807) is 0 Å². The Morgan fingerprint density at radius 2 is 2.06 bits per heavy atom. The van der Waals surface area contributed by atoms with Crippen molar-refractivity contribution in [3.8, 4) is 0 Å². The van der Waals surface area contributed by atoms with Crippen molar-refractivity contribution in [2.75, 3.05) is 7.11 Å². The van der Waals surface area contributed by atoms with Gasteiger partial charge >= 0.3 is 5.97 Å². The van der Waals surface area contributed by atoms with Crippen molar-refractivity contribution < 1.29 is 18.7 Å². The molecule has 5 heteroatoms. The van der Waals surface area contributed by atoms with Crippen LogP contribution in [0.5, 0.6) is 0 Å². The molecule has 0 aliphatic heterocycles. The normalized spacial score (nSPS) is 18.4. The van der Waals surface area contributed by atoms with Crippen molar-refractivity contribution in [1.29, 1.82) is 0 Å². The van der Waals surface area contributed by atoms with Crippen LogP contribution in [0.3, 0.4) is 0 Å². The fourth-order valence-corrected chi connectivity index (χ4v) is 2.37. The fourth-order valence-electron chi connectivity index (χ4n) is 2.37. The van der Waals surface area contributed by atoms with Crippen LogP contribution in [0.2, 0.25) is 0 Å². The minimum absolute atomic E-state index is 0.136. The smallest absolute Gasteiger partial charge is 0.317 e. The van der Waals surface area contributed by atoms with Crippen molar-refractivity contribution in [1.82, 2.24) is 4.98 Å². The molecule has 0 unspecified atom stereocenters. The van der Waals surface area contributed by atoms with E-state index in [1.807, 2.05) is 0 Å². The summed E-state index contributed by atoms with van der Waals surface area (Å²) < 4.78 is 17.7. The number of carbonyl (C=O) groups excluding carboxylic acids is 2. The summed E-state index contributed by atoms with van der Waals surface area (Å²) in [6.45, 7) is 0. The number of ether oxygens (including phenoxy) is 1. The van der Waals surface area contributed by atoms with Gasteiger partial charge in [-0.05, 0) is 25.0 Å². The monoisotopic (exact) mass is 251 g/mol. The Balaban J connectivity index is 2.39. The number of methoxy groups -OCH3 is 1. The Kier molecular flexibility index (Phi) is 3.41. The number of nitrogens with zero attached hydrogens (tertiary/aromatic N) is 1. The molecule has 2 rings (SSSR count). The molecular weight excluding hydrogens is 237 g/mol. The maximum absolute atomic E-state index is 12.9. The van der Waals surface area contributed by atoms with Gasteiger partial charge in [-0.15, -0.1) is 0 Å². The van der Waals surface area contributed by atoms with Gasteiger partial charge < -0.3 is 4.74 Å². The van der Waals surface area contributed by atoms with Gasteiger partial charge in [0.2, 0.25) is 0 Å². The molecule has 1 fully saturated rings. The molecule has 0 amide bonds. The maximum atomic E-state index is 12.9. The fraction of sp³-hybridized carbons (Fsp3) is 0.462. The molecule has 1 aromatic heterocycles. The third-order valence-corrected chi connectivity index (χ3v) is 3.46. The van der Waals surface area contributed by atoms with Gasteiger partial charge in [0.05, 0.1) is 19.0 Å². The van der Waals surface area contributed by atoms with E-state index in [4.69, 9.17) is 4.74 Å². The summed E-state index contributed by atoms with van der Waals surface area (Å²) in [4.78, 5) is 27.3. The molecule has 18 heavy (non-hydrogen) atoms. The molecule has 96 valence electrons. The Morgan fingerprint density at radius 1 is 1.39 bits per heavy atom. The van der Waals surface area contributed by atoms with Gasteiger partial charge in [-0.25, -0.2) is 4.39 Å². The minimum Gasteiger partial charge on any atom is -0.468 e. The molecule has 0 spiro atoms. The van der Waals surface area contributed by atoms with Gasteiger partial charge in [-0.2, -0.15) is 0 Å². The number of esters is 1. The molecule has 1 aliphatic rings. The third kappa shape index (κ3) is 2.12. The van der Waals surface area contributed by atoms with E-state index in [1.165, 1.54) is 19.2 Å². The lowest BCUT2D eigenvalue weighted by molar-refractivity contribution is -0.149. The minimum atomic E-state index is -0.906. The topological polar surface area (TPSA) is 56.3 Å². The number of ketones is 1. The van der Waals surface area contributed by atoms with E-state index in [9.17, 15) is 14.0 Å². The highest BCUT2D eigenvalue weighted by Crippen LogP contribution is 2.38. The van der Waals surface area contributed by atoms with E-state index in [-0.39, 0.29) is 5.78 Å². The second kappa shape index (κ2) is 4.84. The maximum Gasteiger partial charge on any atom is 0.317 e. The van der Waals surface area contributed by atoms with Crippen LogP contribution in [0, 0.1) is 5.82 Å². The number of pyridine rings is 1. The zero-order valence-corrected chi connectivity index (χ0v) is 10.1. The summed E-state index contributed by atoms with van der Waals surface area (Å²) in [6.07, 6.45) is 2.48. The van der Waals surface area contributed by atoms with Crippen LogP contribution in [0.1, 0.15) is 31.4 Å². The quantitative estimate of drug-likeness (QED) is 0.752. The number of hydrogen-bond acceptors (Lipinski definition) is 4. The second-order valence-corrected chi connectivity index (χ2v) is 4.47. The number of carbonyl (C=O) groups is 2. The molecule has 0 saturated heterocycles. The first kappa shape index (κ1) is 12.7. The van der Waals surface area contributed by atoms with E-state index in [0.717, 1.165) is 6.20 Å². The van der Waals surface area contributed by atoms with Gasteiger partial charge in [0, 0.05) is 12.8 Å². The predicted octanol–water partition coefficient (Wildman–Crippen LogP) is 1.77. The summed E-state index contributed by atoms with van der Waals surface area (Å²) in [7, 11) is 1.31. The SMILES string of the molecule is COC(=O)C1(c2ccc(F)cn2)CCC(=O)CC1. The van der Waals surface area contributed by atoms with Crippen LogP contribution >= 0.6 is 0 Å². The lowest BCUT2D eigenvalue weighted by atomic mass is 9.71. The van der Waals surface area contributed by atoms with E-state index in [2.05, 4.69) is 4.98 Å². The van der Waals surface area contributed by atoms with Gasteiger partial charge in [0.1, 0.15) is 17.0 Å². The Morgan fingerprint density at radius 3 is 2.56 bits per heavy atom. The van der Waals surface area contributed by atoms with Gasteiger partial charge in [-0.1, -0.05) is 0 Å². The van der Waals surface area contributed by atoms with E-state index < -0.39 is 17.2 Å². The first-order valence-corrected chi connectivity index (χ1v) is 5.80. The summed E-state index contributed by atoms with van der Waals surface area (Å²) in [5.41, 5.74) is -0.431. The number of rotatable bonds is 2. The molecule has 4 nitrogen and oxygen atoms in total. The van der Waals surface area contributed by atoms with Crippen molar-refractivity contribution in [3.63, 3.8) is 0 Å². The van der Waals surface area contributed by atoms with Gasteiger partial charge in [0.15, 0.2) is 0 Å². The lowest BCUT2D eigenvalue weighted by Gasteiger charge is -2.33. The molecule has 1 heterocycles. The van der Waals surface area contributed by atoms with Gasteiger partial charge in [-0.3, -0.25) is 14.6 Å². The van der Waals surface area contributed by atoms with Crippen molar-refractivity contribution in [2.45, 2.75) is 31.1 Å². The number of hydrogen-bond donors (Lipinski definition) is 0. The standard InChI is InChI=1S/C13H14FNO3/c1-18-12(17)13(6-4-10(16)5-7-13)11-3-2-9(14)8-15-11/h2-3,8H,4-7H2,1H3. The summed E-state index contributed by atoms with van der Waals surface area (Å²) in [5.74, 6) is -0.726. The van der Waals surface area contributed by atoms with E-state index >= 15 is 0 Å². The Bertz CT molecular complexity index is 460. The summed E-state index contributed by atoms with van der Waals surface area (Å²) in [6, 6.07) is 2.76. The molecule has 0 N–H and O–H groups in total. The third-order valence-electron chi connectivity index (χ3n) is 3.46. The van der Waals surface area contributed by atoms with Crippen LogP contribution in [0.25, 0.3) is 0 Å². The van der Waals surface area contributed by atoms with Crippen molar-refractivity contribution in [2.24, 2.45) is 0 Å². The van der Waals surface area contributed by atoms with Crippen LogP contribution in [-0.4, -0.2) is 23.8 Å². The number of halogens is 1. The largest absolute Gasteiger partial charge is 0.468 e. The van der Waals surface area contributed by atoms with Crippen LogP contribution in [0.4, 0.5) is 4.39 Å². The highest BCUT2D eigenvalue weighted by atomic mass is 19.1. The molecule has 1 saturated carbocycles. The molecule has 0 bridgehead atoms. The average Bonchev–Trinajstić information content (AvgIpc) is 2.40. The van der Waals surface area contributed by atoms with Gasteiger partial charge in [0.25, 0.3) is 0 Å². The highest BCUT2D eigenvalue weighted by molar-refractivity contribution is 5.88. The zero-order valence-electron chi connectivity index (χ0n) is 10.1. The van der Waals surface area contributed by atoms with E-state index in [0.29, 0.717) is 31.4 Å². The van der Waals surface area contributed by atoms with Crippen molar-refractivity contribution in [3.05, 3.63) is 29.8 Å². The molecule has 0 aromatic carbocycles. The highest BCUT2D eigenvalue weighted by Gasteiger charge is 2.45. The van der Waals surface area contributed by atoms with Crippen LogP contribution in [0.15, 0.2) is 18.3 Å². The molecular formula is C13H14FNO3. The predicted molar refractivity (Wildman–Crippen MR) is 61.4 cm³/mol. The molecule has 0 radical (unpaired) electrons. The Hall–Kier alpha value is -1.78. The summed E-state index contributed by atoms with van der Waals surface area (Å²) in [5, 5.41) is 0. The second-order valence-electron chi connectivity index (χ2n) is 4.47. The first-order chi connectivity index (χ1) is 8.58. The van der Waals surface area contributed by atoms with Crippen molar-refractivity contribution >= 4 is 11.8 Å². The number of aromatic nitrogens is 1. The Labute approximate surface area is 104 Å².